The average molecular weight is 711 g/mol. The van der Waals surface area contributed by atoms with Gasteiger partial charge >= 0.3 is 0 Å². The fourth-order valence-electron chi connectivity index (χ4n) is 9.51. The Bertz CT molecular complexity index is 3630. The zero-order valence-electron chi connectivity index (χ0n) is 30.1. The smallest absolute Gasteiger partial charge is 0.160 e. The fraction of sp³-hybridized carbons (Fsp3) is 0. The molecule has 0 bridgehead atoms. The zero-order valence-corrected chi connectivity index (χ0v) is 30.1. The van der Waals surface area contributed by atoms with Gasteiger partial charge in [0.2, 0.25) is 0 Å². The fourth-order valence-corrected chi connectivity index (χ4v) is 9.51. The van der Waals surface area contributed by atoms with Crippen LogP contribution in [-0.2, 0) is 0 Å². The van der Waals surface area contributed by atoms with Crippen molar-refractivity contribution in [1.29, 1.82) is 0 Å². The summed E-state index contributed by atoms with van der Waals surface area (Å²) in [6, 6.07) is 65.8. The van der Waals surface area contributed by atoms with Crippen LogP contribution in [-0.4, -0.2) is 18.8 Å². The molecular weight excluding hydrogens is 681 g/mol. The van der Waals surface area contributed by atoms with Crippen LogP contribution in [0.25, 0.3) is 121 Å². The lowest BCUT2D eigenvalue weighted by Gasteiger charge is -2.10. The molecule has 5 aromatic heterocycles. The van der Waals surface area contributed by atoms with Crippen molar-refractivity contribution >= 4 is 76.2 Å². The van der Waals surface area contributed by atoms with Crippen molar-refractivity contribution in [1.82, 2.24) is 18.8 Å². The van der Waals surface area contributed by atoms with Gasteiger partial charge in [-0.05, 0) is 71.8 Å². The molecule has 13 aromatic rings. The van der Waals surface area contributed by atoms with Crippen molar-refractivity contribution in [3.63, 3.8) is 0 Å². The average Bonchev–Trinajstić information content (AvgIpc) is 4.00. The van der Waals surface area contributed by atoms with E-state index >= 15 is 0 Å². The lowest BCUT2D eigenvalue weighted by atomic mass is 9.97. The van der Waals surface area contributed by atoms with E-state index in [1.54, 1.807) is 0 Å². The number of aromatic nitrogens is 4. The van der Waals surface area contributed by atoms with Gasteiger partial charge in [0, 0.05) is 59.8 Å². The number of hydrogen-bond donors (Lipinski definition) is 0. The van der Waals surface area contributed by atoms with E-state index in [2.05, 4.69) is 179 Å². The zero-order chi connectivity index (χ0) is 36.5. The summed E-state index contributed by atoms with van der Waals surface area (Å²) in [6.07, 6.45) is 0. The molecule has 4 heteroatoms. The molecule has 0 unspecified atom stereocenters. The van der Waals surface area contributed by atoms with Crippen LogP contribution in [0.4, 0.5) is 0 Å². The summed E-state index contributed by atoms with van der Waals surface area (Å²) in [5.74, 6) is 0.714. The van der Waals surface area contributed by atoms with Crippen molar-refractivity contribution in [2.45, 2.75) is 0 Å². The Hall–Kier alpha value is -7.56. The number of para-hydroxylation sites is 3. The molecule has 0 fully saturated rings. The molecule has 0 aliphatic carbocycles. The highest BCUT2D eigenvalue weighted by Gasteiger charge is 2.22. The normalized spacial score (nSPS) is 12.3. The van der Waals surface area contributed by atoms with E-state index in [9.17, 15) is 0 Å². The van der Waals surface area contributed by atoms with Crippen LogP contribution in [0.5, 0.6) is 0 Å². The van der Waals surface area contributed by atoms with Gasteiger partial charge < -0.3 is 8.80 Å². The van der Waals surface area contributed by atoms with E-state index in [1.807, 2.05) is 12.1 Å². The lowest BCUT2D eigenvalue weighted by molar-refractivity contribution is 1.18. The van der Waals surface area contributed by atoms with Gasteiger partial charge in [-0.2, -0.15) is 0 Å². The maximum absolute atomic E-state index is 5.19. The Labute approximate surface area is 320 Å². The van der Waals surface area contributed by atoms with E-state index < -0.39 is 0 Å². The maximum atomic E-state index is 5.19. The van der Waals surface area contributed by atoms with Gasteiger partial charge in [0.15, 0.2) is 5.82 Å². The number of benzene rings is 8. The molecule has 0 atom stereocenters. The van der Waals surface area contributed by atoms with Crippen molar-refractivity contribution in [3.05, 3.63) is 182 Å². The Morgan fingerprint density at radius 2 is 0.696 bits per heavy atom. The predicted molar refractivity (Wildman–Crippen MR) is 233 cm³/mol. The summed E-state index contributed by atoms with van der Waals surface area (Å²) in [6.45, 7) is 0. The quantitative estimate of drug-likeness (QED) is 0.182. The number of fused-ring (bicyclic) bond motifs is 12. The van der Waals surface area contributed by atoms with Crippen LogP contribution in [0.15, 0.2) is 182 Å². The summed E-state index contributed by atoms with van der Waals surface area (Å²) in [4.78, 5) is 10.4. The first kappa shape index (κ1) is 29.8. The van der Waals surface area contributed by atoms with E-state index in [0.717, 1.165) is 28.1 Å². The highest BCUT2D eigenvalue weighted by molar-refractivity contribution is 6.26. The van der Waals surface area contributed by atoms with Gasteiger partial charge in [-0.15, -0.1) is 0 Å². The largest absolute Gasteiger partial charge is 0.308 e. The van der Waals surface area contributed by atoms with E-state index in [4.69, 9.17) is 9.97 Å². The van der Waals surface area contributed by atoms with Gasteiger partial charge in [-0.1, -0.05) is 121 Å². The minimum atomic E-state index is 0.714. The number of nitrogens with zero attached hydrogens (tertiary/aromatic N) is 4. The van der Waals surface area contributed by atoms with Gasteiger partial charge in [0.1, 0.15) is 0 Å². The van der Waals surface area contributed by atoms with Gasteiger partial charge in [0.05, 0.1) is 44.5 Å². The van der Waals surface area contributed by atoms with Crippen molar-refractivity contribution < 1.29 is 0 Å². The van der Waals surface area contributed by atoms with E-state index in [0.29, 0.717) is 5.82 Å². The third-order valence-electron chi connectivity index (χ3n) is 12.0. The molecule has 0 saturated carbocycles. The molecule has 258 valence electrons. The van der Waals surface area contributed by atoms with Crippen molar-refractivity contribution in [2.75, 3.05) is 0 Å². The van der Waals surface area contributed by atoms with Crippen molar-refractivity contribution in [3.8, 4) is 45.0 Å². The molecule has 0 amide bonds. The summed E-state index contributed by atoms with van der Waals surface area (Å²) in [5.41, 5.74) is 14.8. The van der Waals surface area contributed by atoms with Crippen LogP contribution in [0.3, 0.4) is 0 Å². The maximum Gasteiger partial charge on any atom is 0.160 e. The predicted octanol–water partition coefficient (Wildman–Crippen LogP) is 13.4. The molecule has 0 saturated heterocycles. The van der Waals surface area contributed by atoms with Crippen LogP contribution in [0.2, 0.25) is 0 Å². The SMILES string of the molecule is c1ccc(-c2cc(-c3ccccc3)nc(-c3ccc4c(c3)c3cc(-c5ccc6c(c5)c5cccc7c8ccccc8n6c75)cc5c6ccccc6n4c53)n2)cc1. The first-order valence-electron chi connectivity index (χ1n) is 19.2. The lowest BCUT2D eigenvalue weighted by Crippen LogP contribution is -1.96. The van der Waals surface area contributed by atoms with Gasteiger partial charge in [-0.25, -0.2) is 9.97 Å². The molecule has 0 radical (unpaired) electrons. The Morgan fingerprint density at radius 3 is 1.34 bits per heavy atom. The van der Waals surface area contributed by atoms with Gasteiger partial charge in [0.25, 0.3) is 0 Å². The second-order valence-electron chi connectivity index (χ2n) is 15.0. The standard InChI is InChI=1S/C52H30N4/c1-3-12-31(13-4-1)44-30-45(32-14-5-2-6-15-32)54-52(53-44)34-23-25-49-41(27-34)43-29-35(28-42-37-17-8-10-21-47(37)56(49)51(42)43)33-22-24-48-40(26-33)39-19-11-18-38-36-16-7-9-20-46(36)55(48)50(38)39/h1-30H. The molecule has 13 rings (SSSR count). The summed E-state index contributed by atoms with van der Waals surface area (Å²) in [7, 11) is 0. The second kappa shape index (κ2) is 11.0. The third-order valence-corrected chi connectivity index (χ3v) is 12.0. The molecule has 8 aromatic carbocycles. The topological polar surface area (TPSA) is 34.6 Å². The molecule has 4 nitrogen and oxygen atoms in total. The molecule has 0 aliphatic heterocycles. The molecule has 0 N–H and O–H groups in total. The number of hydrogen-bond acceptors (Lipinski definition) is 2. The minimum Gasteiger partial charge on any atom is -0.308 e. The van der Waals surface area contributed by atoms with Gasteiger partial charge in [-0.3, -0.25) is 0 Å². The molecule has 56 heavy (non-hydrogen) atoms. The second-order valence-corrected chi connectivity index (χ2v) is 15.0. The third kappa shape index (κ3) is 4.02. The first-order valence-corrected chi connectivity index (χ1v) is 19.2. The molecular formula is C52H30N4. The summed E-state index contributed by atoms with van der Waals surface area (Å²) < 4.78 is 4.90. The Kier molecular flexibility index (Phi) is 5.86. The van der Waals surface area contributed by atoms with Crippen molar-refractivity contribution in [2.24, 2.45) is 0 Å². The van der Waals surface area contributed by atoms with E-state index in [1.165, 1.54) is 87.3 Å². The number of rotatable bonds is 4. The first-order chi connectivity index (χ1) is 27.8. The summed E-state index contributed by atoms with van der Waals surface area (Å²) in [5, 5.41) is 10.1. The van der Waals surface area contributed by atoms with Crippen LogP contribution in [0.1, 0.15) is 0 Å². The Balaban J connectivity index is 1.06. The summed E-state index contributed by atoms with van der Waals surface area (Å²) >= 11 is 0. The van der Waals surface area contributed by atoms with Crippen LogP contribution >= 0.6 is 0 Å². The Morgan fingerprint density at radius 1 is 0.268 bits per heavy atom. The molecule has 0 aliphatic rings. The van der Waals surface area contributed by atoms with Crippen LogP contribution in [0, 0.1) is 0 Å². The highest BCUT2D eigenvalue weighted by atomic mass is 14.9. The molecule has 5 heterocycles. The minimum absolute atomic E-state index is 0.714. The molecule has 0 spiro atoms. The van der Waals surface area contributed by atoms with Crippen LogP contribution < -0.4 is 0 Å². The highest BCUT2D eigenvalue weighted by Crippen LogP contribution is 2.44. The monoisotopic (exact) mass is 710 g/mol. The van der Waals surface area contributed by atoms with E-state index in [-0.39, 0.29) is 0 Å².